The third-order valence-electron chi connectivity index (χ3n) is 4.13. The molecule has 6 heteroatoms. The van der Waals surface area contributed by atoms with Gasteiger partial charge in [0.1, 0.15) is 11.6 Å². The van der Waals surface area contributed by atoms with Crippen LogP contribution in [-0.2, 0) is 5.75 Å². The molecule has 1 heterocycles. The third kappa shape index (κ3) is 2.91. The van der Waals surface area contributed by atoms with E-state index in [2.05, 4.69) is 42.8 Å². The maximum atomic E-state index is 5.28. The molecule has 0 bridgehead atoms. The van der Waals surface area contributed by atoms with Crippen LogP contribution in [0.25, 0.3) is 0 Å². The molecule has 0 spiro atoms. The van der Waals surface area contributed by atoms with Crippen molar-refractivity contribution < 1.29 is 4.74 Å². The van der Waals surface area contributed by atoms with Gasteiger partial charge in [-0.2, -0.15) is 0 Å². The van der Waals surface area contributed by atoms with Gasteiger partial charge in [0.05, 0.1) is 11.6 Å². The summed E-state index contributed by atoms with van der Waals surface area (Å²) in [6, 6.07) is 6.87. The van der Waals surface area contributed by atoms with Crippen LogP contribution in [0.4, 0.5) is 0 Å². The minimum atomic E-state index is 0.649. The molecule has 116 valence electrons. The quantitative estimate of drug-likeness (QED) is 0.690. The Hall–Kier alpha value is -1.01. The molecule has 1 aromatic carbocycles. The van der Waals surface area contributed by atoms with Crippen molar-refractivity contribution in [2.45, 2.75) is 48.6 Å². The molecule has 0 atom stereocenters. The van der Waals surface area contributed by atoms with Crippen LogP contribution in [0.5, 0.6) is 5.75 Å². The Kier molecular flexibility index (Phi) is 3.90. The van der Waals surface area contributed by atoms with Gasteiger partial charge in [-0.1, -0.05) is 17.8 Å². The lowest BCUT2D eigenvalue weighted by Gasteiger charge is -2.09. The van der Waals surface area contributed by atoms with Gasteiger partial charge in [-0.25, -0.2) is 0 Å². The van der Waals surface area contributed by atoms with Gasteiger partial charge in [0.2, 0.25) is 0 Å². The van der Waals surface area contributed by atoms with E-state index in [0.717, 1.165) is 21.1 Å². The number of halogens is 1. The SMILES string of the molecule is COc1ccc(CSc2nnc(C3CC3)n2C2CC2)cc1Br. The standard InChI is InChI=1S/C16H18BrN3OS/c1-21-14-7-2-10(8-13(14)17)9-22-16-19-18-15(11-3-4-11)20(16)12-5-6-12/h2,7-8,11-12H,3-6,9H2,1H3. The van der Waals surface area contributed by atoms with Crippen molar-refractivity contribution in [2.75, 3.05) is 7.11 Å². The molecule has 0 unspecified atom stereocenters. The Labute approximate surface area is 142 Å². The number of benzene rings is 1. The summed E-state index contributed by atoms with van der Waals surface area (Å²) in [5.74, 6) is 3.65. The molecule has 2 aliphatic rings. The molecule has 2 aromatic rings. The molecule has 4 rings (SSSR count). The molecule has 2 saturated carbocycles. The Bertz CT molecular complexity index is 695. The van der Waals surface area contributed by atoms with Gasteiger partial charge >= 0.3 is 0 Å². The van der Waals surface area contributed by atoms with Crippen LogP contribution in [0.15, 0.2) is 27.8 Å². The molecule has 0 aliphatic heterocycles. The van der Waals surface area contributed by atoms with Gasteiger partial charge in [0.15, 0.2) is 5.16 Å². The fraction of sp³-hybridized carbons (Fsp3) is 0.500. The summed E-state index contributed by atoms with van der Waals surface area (Å²) in [4.78, 5) is 0. The average molecular weight is 380 g/mol. The van der Waals surface area contributed by atoms with Gasteiger partial charge < -0.3 is 9.30 Å². The van der Waals surface area contributed by atoms with Crippen LogP contribution < -0.4 is 4.74 Å². The molecule has 22 heavy (non-hydrogen) atoms. The van der Waals surface area contributed by atoms with Crippen LogP contribution in [-0.4, -0.2) is 21.9 Å². The first kappa shape index (κ1) is 14.6. The van der Waals surface area contributed by atoms with Crippen LogP contribution >= 0.6 is 27.7 Å². The Morgan fingerprint density at radius 2 is 2.09 bits per heavy atom. The summed E-state index contributed by atoms with van der Waals surface area (Å²) in [5, 5.41) is 9.99. The highest BCUT2D eigenvalue weighted by atomic mass is 79.9. The predicted molar refractivity (Wildman–Crippen MR) is 90.5 cm³/mol. The van der Waals surface area contributed by atoms with Gasteiger partial charge in [-0.15, -0.1) is 10.2 Å². The van der Waals surface area contributed by atoms with Crippen molar-refractivity contribution >= 4 is 27.7 Å². The number of hydrogen-bond donors (Lipinski definition) is 0. The number of hydrogen-bond acceptors (Lipinski definition) is 4. The van der Waals surface area contributed by atoms with Crippen molar-refractivity contribution in [1.29, 1.82) is 0 Å². The third-order valence-corrected chi connectivity index (χ3v) is 5.76. The summed E-state index contributed by atoms with van der Waals surface area (Å²) in [6.07, 6.45) is 5.11. The first-order valence-corrected chi connectivity index (χ1v) is 9.44. The minimum Gasteiger partial charge on any atom is -0.496 e. The monoisotopic (exact) mass is 379 g/mol. The van der Waals surface area contributed by atoms with E-state index in [-0.39, 0.29) is 0 Å². The van der Waals surface area contributed by atoms with E-state index < -0.39 is 0 Å². The fourth-order valence-electron chi connectivity index (χ4n) is 2.63. The van der Waals surface area contributed by atoms with Crippen LogP contribution in [0, 0.1) is 0 Å². The smallest absolute Gasteiger partial charge is 0.191 e. The number of aromatic nitrogens is 3. The van der Waals surface area contributed by atoms with Gasteiger partial charge in [0.25, 0.3) is 0 Å². The molecule has 0 saturated heterocycles. The van der Waals surface area contributed by atoms with E-state index in [1.165, 1.54) is 37.1 Å². The highest BCUT2D eigenvalue weighted by molar-refractivity contribution is 9.10. The van der Waals surface area contributed by atoms with Crippen LogP contribution in [0.3, 0.4) is 0 Å². The van der Waals surface area contributed by atoms with E-state index in [1.807, 2.05) is 6.07 Å². The molecule has 2 fully saturated rings. The number of ether oxygens (including phenoxy) is 1. The van der Waals surface area contributed by atoms with Crippen molar-refractivity contribution in [3.8, 4) is 5.75 Å². The highest BCUT2D eigenvalue weighted by Crippen LogP contribution is 2.46. The van der Waals surface area contributed by atoms with Crippen molar-refractivity contribution in [2.24, 2.45) is 0 Å². The summed E-state index contributed by atoms with van der Waals surface area (Å²) in [5.41, 5.74) is 1.26. The van der Waals surface area contributed by atoms with E-state index >= 15 is 0 Å². The lowest BCUT2D eigenvalue weighted by Crippen LogP contribution is -2.01. The van der Waals surface area contributed by atoms with Crippen LogP contribution in [0.1, 0.15) is 49.0 Å². The maximum absolute atomic E-state index is 5.28. The van der Waals surface area contributed by atoms with Gasteiger partial charge in [-0.3, -0.25) is 0 Å². The second-order valence-electron chi connectivity index (χ2n) is 5.97. The van der Waals surface area contributed by atoms with E-state index in [9.17, 15) is 0 Å². The second-order valence-corrected chi connectivity index (χ2v) is 7.77. The maximum Gasteiger partial charge on any atom is 0.191 e. The molecule has 4 nitrogen and oxygen atoms in total. The second kappa shape index (κ2) is 5.89. The minimum absolute atomic E-state index is 0.649. The number of rotatable bonds is 6. The zero-order valence-corrected chi connectivity index (χ0v) is 14.9. The summed E-state index contributed by atoms with van der Waals surface area (Å²) in [7, 11) is 1.69. The zero-order valence-electron chi connectivity index (χ0n) is 12.5. The number of thioether (sulfide) groups is 1. The van der Waals surface area contributed by atoms with Crippen LogP contribution in [0.2, 0.25) is 0 Å². The number of nitrogens with zero attached hydrogens (tertiary/aromatic N) is 3. The van der Waals surface area contributed by atoms with E-state index in [1.54, 1.807) is 18.9 Å². The molecular formula is C16H18BrN3OS. The van der Waals surface area contributed by atoms with Crippen molar-refractivity contribution in [3.05, 3.63) is 34.1 Å². The predicted octanol–water partition coefficient (Wildman–Crippen LogP) is 4.55. The summed E-state index contributed by atoms with van der Waals surface area (Å²) >= 11 is 5.33. The van der Waals surface area contributed by atoms with E-state index in [0.29, 0.717) is 12.0 Å². The first-order valence-electron chi connectivity index (χ1n) is 7.66. The van der Waals surface area contributed by atoms with E-state index in [4.69, 9.17) is 4.74 Å². The molecule has 1 aromatic heterocycles. The largest absolute Gasteiger partial charge is 0.496 e. The molecule has 0 amide bonds. The normalized spacial score (nSPS) is 17.7. The summed E-state index contributed by atoms with van der Waals surface area (Å²) < 4.78 is 8.68. The fourth-order valence-corrected chi connectivity index (χ4v) is 4.17. The Morgan fingerprint density at radius 3 is 2.73 bits per heavy atom. The highest BCUT2D eigenvalue weighted by Gasteiger charge is 2.36. The van der Waals surface area contributed by atoms with Gasteiger partial charge in [0, 0.05) is 17.7 Å². The Balaban J connectivity index is 1.50. The Morgan fingerprint density at radius 1 is 1.27 bits per heavy atom. The molecule has 0 N–H and O–H groups in total. The average Bonchev–Trinajstić information content (AvgIpc) is 3.44. The zero-order chi connectivity index (χ0) is 15.1. The van der Waals surface area contributed by atoms with Gasteiger partial charge in [-0.05, 0) is 59.3 Å². The lowest BCUT2D eigenvalue weighted by atomic mass is 10.2. The molecule has 0 radical (unpaired) electrons. The van der Waals surface area contributed by atoms with Crippen molar-refractivity contribution in [3.63, 3.8) is 0 Å². The molecule has 2 aliphatic carbocycles. The lowest BCUT2D eigenvalue weighted by molar-refractivity contribution is 0.412. The van der Waals surface area contributed by atoms with Crippen molar-refractivity contribution in [1.82, 2.24) is 14.8 Å². The summed E-state index contributed by atoms with van der Waals surface area (Å²) in [6.45, 7) is 0. The topological polar surface area (TPSA) is 39.9 Å². The number of methoxy groups -OCH3 is 1. The first-order chi connectivity index (χ1) is 10.8. The molecular weight excluding hydrogens is 362 g/mol.